The fourth-order valence-electron chi connectivity index (χ4n) is 6.96. The lowest BCUT2D eigenvalue weighted by atomic mass is 9.70. The molecule has 6 amide bonds. The number of alkyl carbamates (subject to hydrolysis) is 1. The van der Waals surface area contributed by atoms with Crippen molar-refractivity contribution in [3.63, 3.8) is 0 Å². The monoisotopic (exact) mass is 716 g/mol. The Morgan fingerprint density at radius 1 is 0.961 bits per heavy atom. The van der Waals surface area contributed by atoms with Crippen LogP contribution in [0.4, 0.5) is 9.59 Å². The highest BCUT2D eigenvalue weighted by Crippen LogP contribution is 2.41. The number of likely N-dealkylation sites (tertiary alicyclic amines) is 1. The fraction of sp³-hybridized carbons (Fsp3) is 0.789. The third-order valence-corrected chi connectivity index (χ3v) is 10.2. The topological polar surface area (TPSA) is 175 Å². The van der Waals surface area contributed by atoms with Crippen LogP contribution in [0.15, 0.2) is 0 Å². The molecule has 5 atom stereocenters. The second-order valence-electron chi connectivity index (χ2n) is 16.2. The Labute approximate surface area is 305 Å². The number of hydrogen-bond acceptors (Lipinski definition) is 7. The minimum absolute atomic E-state index is 0.0201. The zero-order valence-electron chi connectivity index (χ0n) is 32.4. The van der Waals surface area contributed by atoms with Gasteiger partial charge in [-0.25, -0.2) is 9.59 Å². The van der Waals surface area contributed by atoms with E-state index in [1.54, 1.807) is 4.90 Å². The van der Waals surface area contributed by atoms with Crippen molar-refractivity contribution in [2.45, 2.75) is 150 Å². The summed E-state index contributed by atoms with van der Waals surface area (Å²) in [5, 5.41) is 14.0. The number of rotatable bonds is 16. The van der Waals surface area contributed by atoms with E-state index in [2.05, 4.69) is 32.5 Å². The zero-order chi connectivity index (χ0) is 38.5. The van der Waals surface area contributed by atoms with E-state index < -0.39 is 64.7 Å². The Hall–Kier alpha value is -3.82. The van der Waals surface area contributed by atoms with Gasteiger partial charge in [-0.15, -0.1) is 12.3 Å². The molecule has 0 aromatic heterocycles. The highest BCUT2D eigenvalue weighted by Gasteiger charge is 2.50. The second kappa shape index (κ2) is 19.7. The third kappa shape index (κ3) is 12.7. The van der Waals surface area contributed by atoms with Crippen LogP contribution in [0.5, 0.6) is 0 Å². The molecule has 288 valence electrons. The SMILES string of the molecule is C#CCCC(NC(=O)C1[C@@H](C(C)C)CCN1C(=O)C(NC(=O)NC(COC(=O)NC(C)C)C(C)(C)C)C1(C)CCCCC1)C(=O)C(=O)NCCC. The van der Waals surface area contributed by atoms with E-state index >= 15 is 0 Å². The van der Waals surface area contributed by atoms with E-state index in [4.69, 9.17) is 11.2 Å². The van der Waals surface area contributed by atoms with Crippen LogP contribution >= 0.6 is 0 Å². The lowest BCUT2D eigenvalue weighted by Crippen LogP contribution is -2.63. The predicted octanol–water partition coefficient (Wildman–Crippen LogP) is 4.04. The van der Waals surface area contributed by atoms with Gasteiger partial charge in [0, 0.05) is 25.6 Å². The van der Waals surface area contributed by atoms with Crippen molar-refractivity contribution in [1.29, 1.82) is 0 Å². The highest BCUT2D eigenvalue weighted by atomic mass is 16.5. The number of urea groups is 1. The molecule has 5 N–H and O–H groups in total. The molecular formula is C38H64N6O7. The van der Waals surface area contributed by atoms with Gasteiger partial charge in [0.25, 0.3) is 5.91 Å². The van der Waals surface area contributed by atoms with Gasteiger partial charge in [-0.05, 0) is 68.6 Å². The molecule has 1 saturated heterocycles. The number of nitrogens with zero attached hydrogens (tertiary/aromatic N) is 1. The van der Waals surface area contributed by atoms with Crippen molar-refractivity contribution in [3.05, 3.63) is 0 Å². The lowest BCUT2D eigenvalue weighted by Gasteiger charge is -2.43. The van der Waals surface area contributed by atoms with Gasteiger partial charge in [-0.2, -0.15) is 0 Å². The largest absolute Gasteiger partial charge is 0.447 e. The second-order valence-corrected chi connectivity index (χ2v) is 16.2. The van der Waals surface area contributed by atoms with E-state index in [1.807, 2.05) is 62.3 Å². The molecule has 2 aliphatic rings. The number of hydrogen-bond donors (Lipinski definition) is 5. The van der Waals surface area contributed by atoms with Crippen LogP contribution in [0, 0.1) is 35.0 Å². The number of terminal acetylenes is 1. The van der Waals surface area contributed by atoms with Gasteiger partial charge in [-0.3, -0.25) is 19.2 Å². The van der Waals surface area contributed by atoms with Gasteiger partial charge in [0.2, 0.25) is 17.6 Å². The van der Waals surface area contributed by atoms with Gasteiger partial charge in [-0.1, -0.05) is 67.7 Å². The Morgan fingerprint density at radius 3 is 2.16 bits per heavy atom. The summed E-state index contributed by atoms with van der Waals surface area (Å²) < 4.78 is 5.42. The normalized spacial score (nSPS) is 20.4. The Balaban J connectivity index is 2.41. The van der Waals surface area contributed by atoms with Crippen LogP contribution in [0.1, 0.15) is 120 Å². The molecule has 13 nitrogen and oxygen atoms in total. The van der Waals surface area contributed by atoms with E-state index in [0.29, 0.717) is 38.8 Å². The van der Waals surface area contributed by atoms with Gasteiger partial charge in [0.15, 0.2) is 0 Å². The number of ether oxygens (including phenoxy) is 1. The van der Waals surface area contributed by atoms with E-state index in [-0.39, 0.29) is 43.2 Å². The average molecular weight is 717 g/mol. The van der Waals surface area contributed by atoms with Crippen molar-refractivity contribution in [2.75, 3.05) is 19.7 Å². The molecule has 0 radical (unpaired) electrons. The minimum atomic E-state index is -1.15. The molecule has 1 aliphatic carbocycles. The predicted molar refractivity (Wildman–Crippen MR) is 196 cm³/mol. The van der Waals surface area contributed by atoms with Crippen LogP contribution in [0.2, 0.25) is 0 Å². The van der Waals surface area contributed by atoms with E-state index in [0.717, 1.165) is 19.3 Å². The van der Waals surface area contributed by atoms with Gasteiger partial charge >= 0.3 is 12.1 Å². The van der Waals surface area contributed by atoms with Crippen LogP contribution in [0.3, 0.4) is 0 Å². The maximum absolute atomic E-state index is 14.8. The summed E-state index contributed by atoms with van der Waals surface area (Å²) in [5.41, 5.74) is -1.08. The highest BCUT2D eigenvalue weighted by molar-refractivity contribution is 6.38. The molecule has 13 heteroatoms. The van der Waals surface area contributed by atoms with Crippen molar-refractivity contribution in [3.8, 4) is 12.3 Å². The maximum Gasteiger partial charge on any atom is 0.407 e. The first-order valence-corrected chi connectivity index (χ1v) is 18.7. The first kappa shape index (κ1) is 43.3. The Kier molecular flexibility index (Phi) is 16.7. The molecule has 2 fully saturated rings. The molecular weight excluding hydrogens is 652 g/mol. The summed E-state index contributed by atoms with van der Waals surface area (Å²) in [6.45, 7) is 17.8. The standard InChI is InChI=1S/C38H64N6O7/c1-11-13-17-27(30(45)33(47)39-21-12-2)41-32(46)29-26(24(3)4)18-22-44(29)34(48)31(38(10)19-15-14-16-20-38)43-35(49)42-28(37(7,8)9)23-51-36(50)40-25(5)6/h1,24-29,31H,12-23H2,2-10H3,(H,39,47)(H,40,50)(H,41,46)(H2,42,43,49)/t26-,27?,28?,29?,31?/m1/s1. The van der Waals surface area contributed by atoms with Crippen LogP contribution in [0.25, 0.3) is 0 Å². The van der Waals surface area contributed by atoms with Crippen LogP contribution in [-0.2, 0) is 23.9 Å². The number of ketones is 1. The van der Waals surface area contributed by atoms with Gasteiger partial charge in [0.1, 0.15) is 18.7 Å². The van der Waals surface area contributed by atoms with Gasteiger partial charge < -0.3 is 36.2 Å². The average Bonchev–Trinajstić information content (AvgIpc) is 3.51. The fourth-order valence-corrected chi connectivity index (χ4v) is 6.96. The van der Waals surface area contributed by atoms with Crippen molar-refractivity contribution < 1.29 is 33.5 Å². The van der Waals surface area contributed by atoms with E-state index in [1.165, 1.54) is 0 Å². The maximum atomic E-state index is 14.8. The molecule has 0 bridgehead atoms. The molecule has 4 unspecified atom stereocenters. The molecule has 0 aromatic rings. The lowest BCUT2D eigenvalue weighted by molar-refractivity contribution is -0.145. The van der Waals surface area contributed by atoms with E-state index in [9.17, 15) is 28.8 Å². The molecule has 51 heavy (non-hydrogen) atoms. The molecule has 2 rings (SSSR count). The quantitative estimate of drug-likeness (QED) is 0.118. The number of carbonyl (C=O) groups excluding carboxylic acids is 6. The summed E-state index contributed by atoms with van der Waals surface area (Å²) in [6.07, 6.45) is 10.5. The van der Waals surface area contributed by atoms with Crippen molar-refractivity contribution >= 4 is 35.6 Å². The number of carbonyl (C=O) groups is 6. The number of amides is 6. The Bertz CT molecular complexity index is 1260. The molecule has 0 aromatic carbocycles. The molecule has 1 aliphatic heterocycles. The first-order chi connectivity index (χ1) is 23.9. The summed E-state index contributed by atoms with van der Waals surface area (Å²) in [4.78, 5) is 82.2. The number of Topliss-reactive ketones (excluding diaryl/α,β-unsaturated/α-hetero) is 1. The summed E-state index contributed by atoms with van der Waals surface area (Å²) in [5.74, 6) is -0.202. The molecule has 0 spiro atoms. The van der Waals surface area contributed by atoms with Crippen LogP contribution in [-0.4, -0.2) is 90.4 Å². The minimum Gasteiger partial charge on any atom is -0.447 e. The molecule has 1 saturated carbocycles. The number of nitrogens with one attached hydrogen (secondary N) is 5. The summed E-state index contributed by atoms with van der Waals surface area (Å²) in [7, 11) is 0. The smallest absolute Gasteiger partial charge is 0.407 e. The zero-order valence-corrected chi connectivity index (χ0v) is 32.4. The Morgan fingerprint density at radius 2 is 1.61 bits per heavy atom. The molecule has 1 heterocycles. The van der Waals surface area contributed by atoms with Crippen LogP contribution < -0.4 is 26.6 Å². The summed E-state index contributed by atoms with van der Waals surface area (Å²) >= 11 is 0. The van der Waals surface area contributed by atoms with Gasteiger partial charge in [0.05, 0.1) is 12.1 Å². The third-order valence-electron chi connectivity index (χ3n) is 10.2. The summed E-state index contributed by atoms with van der Waals surface area (Å²) in [6, 6.07) is -4.29. The van der Waals surface area contributed by atoms with Crippen molar-refractivity contribution in [2.24, 2.45) is 22.7 Å². The first-order valence-electron chi connectivity index (χ1n) is 18.7. The van der Waals surface area contributed by atoms with Crippen molar-refractivity contribution in [1.82, 2.24) is 31.5 Å².